The van der Waals surface area contributed by atoms with Crippen molar-refractivity contribution < 1.29 is 9.52 Å². The normalized spacial score (nSPS) is 30.0. The molecule has 1 aliphatic carbocycles. The number of hydrogen-bond acceptors (Lipinski definition) is 3. The Bertz CT molecular complexity index is 343. The van der Waals surface area contributed by atoms with Crippen LogP contribution in [-0.4, -0.2) is 11.7 Å². The standard InChI is InChI=1S/C11H17NO2/c1-10(2)5-3-9-8(4-6-14-9)11(10,13)7-12/h4,6,13H,3,5,7,12H2,1-2H3. The summed E-state index contributed by atoms with van der Waals surface area (Å²) in [7, 11) is 0. The van der Waals surface area contributed by atoms with E-state index in [1.165, 1.54) is 0 Å². The third-order valence-electron chi connectivity index (χ3n) is 3.58. The first-order chi connectivity index (χ1) is 6.51. The summed E-state index contributed by atoms with van der Waals surface area (Å²) < 4.78 is 5.33. The molecule has 1 aromatic rings. The average molecular weight is 195 g/mol. The van der Waals surface area contributed by atoms with E-state index in [2.05, 4.69) is 13.8 Å². The second-order valence-corrected chi connectivity index (χ2v) is 4.71. The van der Waals surface area contributed by atoms with Crippen LogP contribution in [0.15, 0.2) is 16.7 Å². The highest BCUT2D eigenvalue weighted by Crippen LogP contribution is 2.47. The second-order valence-electron chi connectivity index (χ2n) is 4.71. The lowest BCUT2D eigenvalue weighted by Crippen LogP contribution is -2.50. The van der Waals surface area contributed by atoms with E-state index in [4.69, 9.17) is 10.2 Å². The van der Waals surface area contributed by atoms with E-state index in [1.54, 1.807) is 6.26 Å². The fraction of sp³-hybridized carbons (Fsp3) is 0.636. The van der Waals surface area contributed by atoms with Crippen molar-refractivity contribution in [2.24, 2.45) is 11.1 Å². The van der Waals surface area contributed by atoms with Gasteiger partial charge in [-0.05, 0) is 17.9 Å². The molecule has 2 rings (SSSR count). The maximum atomic E-state index is 10.6. The van der Waals surface area contributed by atoms with E-state index in [-0.39, 0.29) is 12.0 Å². The topological polar surface area (TPSA) is 59.4 Å². The molecule has 0 aromatic carbocycles. The molecule has 0 radical (unpaired) electrons. The molecule has 0 amide bonds. The van der Waals surface area contributed by atoms with Gasteiger partial charge in [0.2, 0.25) is 0 Å². The molecule has 1 heterocycles. The maximum Gasteiger partial charge on any atom is 0.110 e. The van der Waals surface area contributed by atoms with Gasteiger partial charge in [0.05, 0.1) is 6.26 Å². The molecule has 0 saturated heterocycles. The molecule has 3 heteroatoms. The van der Waals surface area contributed by atoms with Crippen molar-refractivity contribution in [1.29, 1.82) is 0 Å². The van der Waals surface area contributed by atoms with E-state index >= 15 is 0 Å². The van der Waals surface area contributed by atoms with Gasteiger partial charge in [-0.3, -0.25) is 0 Å². The quantitative estimate of drug-likeness (QED) is 0.712. The monoisotopic (exact) mass is 195 g/mol. The van der Waals surface area contributed by atoms with Crippen LogP contribution in [0.25, 0.3) is 0 Å². The highest BCUT2D eigenvalue weighted by molar-refractivity contribution is 5.31. The Kier molecular flexibility index (Phi) is 1.98. The van der Waals surface area contributed by atoms with Crippen LogP contribution in [-0.2, 0) is 12.0 Å². The van der Waals surface area contributed by atoms with Crippen LogP contribution in [0.2, 0.25) is 0 Å². The number of furan rings is 1. The third-order valence-corrected chi connectivity index (χ3v) is 3.58. The Morgan fingerprint density at radius 2 is 2.29 bits per heavy atom. The summed E-state index contributed by atoms with van der Waals surface area (Å²) in [4.78, 5) is 0. The van der Waals surface area contributed by atoms with Crippen LogP contribution in [0.4, 0.5) is 0 Å². The molecule has 0 aliphatic heterocycles. The summed E-state index contributed by atoms with van der Waals surface area (Å²) in [5.74, 6) is 0.886. The van der Waals surface area contributed by atoms with E-state index in [0.717, 1.165) is 24.2 Å². The SMILES string of the molecule is CC1(C)CCc2occc2C1(O)CN. The minimum atomic E-state index is -0.937. The highest BCUT2D eigenvalue weighted by atomic mass is 16.3. The van der Waals surface area contributed by atoms with Crippen molar-refractivity contribution in [3.05, 3.63) is 23.7 Å². The van der Waals surface area contributed by atoms with Gasteiger partial charge in [0, 0.05) is 18.5 Å². The average Bonchev–Trinajstić information content (AvgIpc) is 2.60. The molecule has 78 valence electrons. The number of rotatable bonds is 1. The van der Waals surface area contributed by atoms with Crippen LogP contribution in [0.5, 0.6) is 0 Å². The molecule has 0 bridgehead atoms. The smallest absolute Gasteiger partial charge is 0.110 e. The van der Waals surface area contributed by atoms with Gasteiger partial charge in [-0.25, -0.2) is 0 Å². The largest absolute Gasteiger partial charge is 0.469 e. The summed E-state index contributed by atoms with van der Waals surface area (Å²) in [6, 6.07) is 1.84. The van der Waals surface area contributed by atoms with Crippen LogP contribution in [0.1, 0.15) is 31.6 Å². The highest BCUT2D eigenvalue weighted by Gasteiger charge is 2.48. The van der Waals surface area contributed by atoms with E-state index in [0.29, 0.717) is 0 Å². The third kappa shape index (κ3) is 1.06. The Morgan fingerprint density at radius 1 is 1.57 bits per heavy atom. The molecule has 0 saturated carbocycles. The number of hydrogen-bond donors (Lipinski definition) is 2. The van der Waals surface area contributed by atoms with Crippen LogP contribution < -0.4 is 5.73 Å². The summed E-state index contributed by atoms with van der Waals surface area (Å²) in [6.07, 6.45) is 3.42. The first-order valence-electron chi connectivity index (χ1n) is 5.00. The van der Waals surface area contributed by atoms with E-state index < -0.39 is 5.60 Å². The summed E-state index contributed by atoms with van der Waals surface area (Å²) in [6.45, 7) is 4.35. The predicted octanol–water partition coefficient (Wildman–Crippen LogP) is 1.40. The van der Waals surface area contributed by atoms with Crippen LogP contribution in [0.3, 0.4) is 0 Å². The van der Waals surface area contributed by atoms with Crippen molar-refractivity contribution >= 4 is 0 Å². The molecule has 3 nitrogen and oxygen atoms in total. The number of aryl methyl sites for hydroxylation is 1. The van der Waals surface area contributed by atoms with Crippen molar-refractivity contribution in [1.82, 2.24) is 0 Å². The van der Waals surface area contributed by atoms with Gasteiger partial charge in [0.1, 0.15) is 11.4 Å². The zero-order chi connectivity index (χ0) is 10.4. The Labute approximate surface area is 83.9 Å². The number of aliphatic hydroxyl groups is 1. The zero-order valence-corrected chi connectivity index (χ0v) is 8.71. The Hall–Kier alpha value is -0.800. The van der Waals surface area contributed by atoms with Gasteiger partial charge in [0.15, 0.2) is 0 Å². The fourth-order valence-corrected chi connectivity index (χ4v) is 2.29. The summed E-state index contributed by atoms with van der Waals surface area (Å²) >= 11 is 0. The fourth-order valence-electron chi connectivity index (χ4n) is 2.29. The Morgan fingerprint density at radius 3 is 2.93 bits per heavy atom. The van der Waals surface area contributed by atoms with Crippen LogP contribution in [0, 0.1) is 5.41 Å². The summed E-state index contributed by atoms with van der Waals surface area (Å²) in [5.41, 5.74) is 5.45. The number of fused-ring (bicyclic) bond motifs is 1. The van der Waals surface area contributed by atoms with Crippen molar-refractivity contribution in [3.8, 4) is 0 Å². The first kappa shape index (κ1) is 9.74. The van der Waals surface area contributed by atoms with Crippen LogP contribution >= 0.6 is 0 Å². The Balaban J connectivity index is 2.55. The molecule has 0 fully saturated rings. The van der Waals surface area contributed by atoms with Crippen molar-refractivity contribution in [2.75, 3.05) is 6.54 Å². The molecule has 1 aromatic heterocycles. The predicted molar refractivity (Wildman–Crippen MR) is 53.8 cm³/mol. The lowest BCUT2D eigenvalue weighted by molar-refractivity contribution is -0.0794. The minimum Gasteiger partial charge on any atom is -0.469 e. The van der Waals surface area contributed by atoms with E-state index in [9.17, 15) is 5.11 Å². The second kappa shape index (κ2) is 2.84. The van der Waals surface area contributed by atoms with Gasteiger partial charge in [-0.15, -0.1) is 0 Å². The molecule has 0 spiro atoms. The van der Waals surface area contributed by atoms with Gasteiger partial charge in [0.25, 0.3) is 0 Å². The lowest BCUT2D eigenvalue weighted by atomic mass is 9.64. The van der Waals surface area contributed by atoms with Gasteiger partial charge in [-0.2, -0.15) is 0 Å². The molecular formula is C11H17NO2. The van der Waals surface area contributed by atoms with Gasteiger partial charge in [-0.1, -0.05) is 13.8 Å². The summed E-state index contributed by atoms with van der Waals surface area (Å²) in [5, 5.41) is 10.6. The number of nitrogens with two attached hydrogens (primary N) is 1. The maximum absolute atomic E-state index is 10.6. The van der Waals surface area contributed by atoms with Crippen molar-refractivity contribution in [2.45, 2.75) is 32.3 Å². The molecule has 3 N–H and O–H groups in total. The molecular weight excluding hydrogens is 178 g/mol. The first-order valence-corrected chi connectivity index (χ1v) is 5.00. The molecule has 1 aliphatic rings. The van der Waals surface area contributed by atoms with E-state index in [1.807, 2.05) is 6.07 Å². The molecule has 1 unspecified atom stereocenters. The lowest BCUT2D eigenvalue weighted by Gasteiger charge is -2.45. The van der Waals surface area contributed by atoms with Gasteiger partial charge < -0.3 is 15.3 Å². The molecule has 1 atom stereocenters. The van der Waals surface area contributed by atoms with Gasteiger partial charge >= 0.3 is 0 Å². The zero-order valence-electron chi connectivity index (χ0n) is 8.71. The molecule has 14 heavy (non-hydrogen) atoms. The minimum absolute atomic E-state index is 0.182. The van der Waals surface area contributed by atoms with Crippen molar-refractivity contribution in [3.63, 3.8) is 0 Å².